The molecule has 0 saturated heterocycles. The lowest BCUT2D eigenvalue weighted by atomic mass is 10.0. The van der Waals surface area contributed by atoms with Crippen LogP contribution >= 0.6 is 35.0 Å². The second kappa shape index (κ2) is 14.0. The topological polar surface area (TPSA) is 73.2 Å². The minimum Gasteiger partial charge on any atom is -0.469 e. The molecule has 1 N–H and O–H groups in total. The smallest absolute Gasteiger partial charge is 0.309 e. The van der Waals surface area contributed by atoms with Gasteiger partial charge in [0.2, 0.25) is 6.41 Å². The van der Waals surface area contributed by atoms with Gasteiger partial charge in [0, 0.05) is 11.9 Å². The summed E-state index contributed by atoms with van der Waals surface area (Å²) in [6.45, 7) is 6.21. The number of rotatable bonds is 8. The molecule has 0 atom stereocenters. The zero-order chi connectivity index (χ0) is 27.7. The molecular formula is C29H29Cl2N3O3S. The average Bonchev–Trinajstić information content (AvgIpc) is 3.26. The van der Waals surface area contributed by atoms with Crippen molar-refractivity contribution in [2.75, 3.05) is 18.2 Å². The number of imidazole rings is 1. The van der Waals surface area contributed by atoms with E-state index in [-0.39, 0.29) is 12.4 Å². The zero-order valence-electron chi connectivity index (χ0n) is 21.6. The Kier molecular flexibility index (Phi) is 10.8. The SMILES string of the molecule is CCSc1ncc(C)n1-c1ccc(C)cc1Cl.COC(=O)Cc1ccc(-c2ccc(NC=O)c(Cl)c2)cc1. The van der Waals surface area contributed by atoms with E-state index in [0.717, 1.165) is 44.0 Å². The van der Waals surface area contributed by atoms with Crippen LogP contribution in [-0.4, -0.2) is 34.8 Å². The Hall–Kier alpha value is -3.26. The molecule has 4 aromatic rings. The van der Waals surface area contributed by atoms with Gasteiger partial charge in [-0.3, -0.25) is 14.2 Å². The number of methoxy groups -OCH3 is 1. The number of carbonyl (C=O) groups is 2. The first-order valence-corrected chi connectivity index (χ1v) is 13.6. The lowest BCUT2D eigenvalue weighted by Gasteiger charge is -2.11. The van der Waals surface area contributed by atoms with Crippen LogP contribution in [-0.2, 0) is 20.7 Å². The van der Waals surface area contributed by atoms with Crippen LogP contribution in [0.15, 0.2) is 72.0 Å². The maximum atomic E-state index is 11.2. The third-order valence-electron chi connectivity index (χ3n) is 5.57. The molecule has 1 aromatic heterocycles. The van der Waals surface area contributed by atoms with E-state index in [0.29, 0.717) is 17.1 Å². The fraction of sp³-hybridized carbons (Fsp3) is 0.207. The fourth-order valence-corrected chi connectivity index (χ4v) is 4.97. The molecule has 0 saturated carbocycles. The van der Waals surface area contributed by atoms with Crippen LogP contribution < -0.4 is 5.32 Å². The molecule has 0 aliphatic heterocycles. The van der Waals surface area contributed by atoms with E-state index in [4.69, 9.17) is 23.2 Å². The number of anilines is 1. The van der Waals surface area contributed by atoms with Crippen molar-refractivity contribution >= 4 is 53.0 Å². The highest BCUT2D eigenvalue weighted by atomic mass is 35.5. The van der Waals surface area contributed by atoms with Gasteiger partial charge in [-0.1, -0.05) is 78.3 Å². The Labute approximate surface area is 237 Å². The maximum absolute atomic E-state index is 11.2. The van der Waals surface area contributed by atoms with Crippen LogP contribution in [0.4, 0.5) is 5.69 Å². The lowest BCUT2D eigenvalue weighted by molar-refractivity contribution is -0.139. The van der Waals surface area contributed by atoms with E-state index < -0.39 is 0 Å². The Morgan fingerprint density at radius 3 is 2.34 bits per heavy atom. The van der Waals surface area contributed by atoms with E-state index in [1.54, 1.807) is 23.9 Å². The molecule has 0 radical (unpaired) electrons. The molecule has 0 spiro atoms. The number of hydrogen-bond acceptors (Lipinski definition) is 5. The minimum atomic E-state index is -0.268. The average molecular weight is 571 g/mol. The normalized spacial score (nSPS) is 10.4. The summed E-state index contributed by atoms with van der Waals surface area (Å²) in [6, 6.07) is 19.1. The van der Waals surface area contributed by atoms with E-state index in [9.17, 15) is 9.59 Å². The predicted octanol–water partition coefficient (Wildman–Crippen LogP) is 7.55. The van der Waals surface area contributed by atoms with Crippen LogP contribution in [0.3, 0.4) is 0 Å². The molecule has 38 heavy (non-hydrogen) atoms. The van der Waals surface area contributed by atoms with Crippen molar-refractivity contribution in [3.05, 3.63) is 93.7 Å². The molecule has 0 fully saturated rings. The van der Waals surface area contributed by atoms with E-state index in [1.807, 2.05) is 62.5 Å². The molecular weight excluding hydrogens is 541 g/mol. The molecule has 6 nitrogen and oxygen atoms in total. The summed E-state index contributed by atoms with van der Waals surface area (Å²) in [7, 11) is 1.37. The summed E-state index contributed by atoms with van der Waals surface area (Å²) in [5.74, 6) is 0.731. The number of aryl methyl sites for hydroxylation is 2. The Morgan fingerprint density at radius 2 is 1.74 bits per heavy atom. The summed E-state index contributed by atoms with van der Waals surface area (Å²) in [4.78, 5) is 26.0. The maximum Gasteiger partial charge on any atom is 0.309 e. The fourth-order valence-electron chi connectivity index (χ4n) is 3.66. The van der Waals surface area contributed by atoms with Crippen molar-refractivity contribution in [3.8, 4) is 16.8 Å². The second-order valence-corrected chi connectivity index (χ2v) is 10.4. The van der Waals surface area contributed by atoms with Gasteiger partial charge in [-0.2, -0.15) is 0 Å². The number of amides is 1. The predicted molar refractivity (Wildman–Crippen MR) is 157 cm³/mol. The van der Waals surface area contributed by atoms with Crippen molar-refractivity contribution in [1.29, 1.82) is 0 Å². The van der Waals surface area contributed by atoms with Crippen LogP contribution in [0, 0.1) is 13.8 Å². The molecule has 1 heterocycles. The number of hydrogen-bond donors (Lipinski definition) is 1. The van der Waals surface area contributed by atoms with Crippen molar-refractivity contribution in [3.63, 3.8) is 0 Å². The summed E-state index contributed by atoms with van der Waals surface area (Å²) in [5.41, 5.74) is 6.63. The zero-order valence-corrected chi connectivity index (χ0v) is 24.0. The van der Waals surface area contributed by atoms with E-state index in [2.05, 4.69) is 32.6 Å². The summed E-state index contributed by atoms with van der Waals surface area (Å²) < 4.78 is 6.74. The number of thioether (sulfide) groups is 1. The number of benzene rings is 3. The van der Waals surface area contributed by atoms with Crippen LogP contribution in [0.5, 0.6) is 0 Å². The van der Waals surface area contributed by atoms with Gasteiger partial charge in [-0.15, -0.1) is 0 Å². The Bertz CT molecular complexity index is 1400. The molecule has 9 heteroatoms. The molecule has 0 bridgehead atoms. The summed E-state index contributed by atoms with van der Waals surface area (Å²) in [5, 5.41) is 4.76. The van der Waals surface area contributed by atoms with Crippen LogP contribution in [0.2, 0.25) is 10.0 Å². The standard InChI is InChI=1S/C16H14ClNO3.C13H15ClN2S/c1-21-16(20)8-11-2-4-12(5-3-11)13-6-7-15(18-10-19)14(17)9-13;1-4-17-13-15-8-10(3)16(13)12-6-5-9(2)7-11(12)14/h2-7,9-10H,8H2,1H3,(H,18,19);5-8H,4H2,1-3H3. The first kappa shape index (κ1) is 29.3. The number of ether oxygens (including phenoxy) is 1. The number of carbonyl (C=O) groups excluding carboxylic acids is 2. The lowest BCUT2D eigenvalue weighted by Crippen LogP contribution is -2.04. The molecule has 4 rings (SSSR count). The molecule has 0 aliphatic rings. The van der Waals surface area contributed by atoms with Gasteiger partial charge >= 0.3 is 5.97 Å². The van der Waals surface area contributed by atoms with Gasteiger partial charge in [-0.05, 0) is 66.1 Å². The van der Waals surface area contributed by atoms with Gasteiger partial charge in [-0.25, -0.2) is 4.98 Å². The van der Waals surface area contributed by atoms with Crippen molar-refractivity contribution in [2.45, 2.75) is 32.3 Å². The van der Waals surface area contributed by atoms with Crippen molar-refractivity contribution in [1.82, 2.24) is 9.55 Å². The molecule has 3 aromatic carbocycles. The molecule has 0 aliphatic carbocycles. The first-order valence-electron chi connectivity index (χ1n) is 11.9. The van der Waals surface area contributed by atoms with E-state index in [1.165, 1.54) is 12.7 Å². The summed E-state index contributed by atoms with van der Waals surface area (Å²) in [6.07, 6.45) is 2.72. The van der Waals surface area contributed by atoms with Gasteiger partial charge < -0.3 is 10.1 Å². The number of esters is 1. The van der Waals surface area contributed by atoms with Gasteiger partial charge in [0.1, 0.15) is 0 Å². The number of aromatic nitrogens is 2. The number of halogens is 2. The monoisotopic (exact) mass is 569 g/mol. The minimum absolute atomic E-state index is 0.250. The highest BCUT2D eigenvalue weighted by Crippen LogP contribution is 2.29. The van der Waals surface area contributed by atoms with Crippen LogP contribution in [0.25, 0.3) is 16.8 Å². The van der Waals surface area contributed by atoms with Gasteiger partial charge in [0.05, 0.1) is 35.0 Å². The van der Waals surface area contributed by atoms with Gasteiger partial charge in [0.25, 0.3) is 0 Å². The third-order valence-corrected chi connectivity index (χ3v) is 7.02. The van der Waals surface area contributed by atoms with Crippen molar-refractivity contribution in [2.24, 2.45) is 0 Å². The Balaban J connectivity index is 0.000000215. The highest BCUT2D eigenvalue weighted by molar-refractivity contribution is 7.99. The first-order chi connectivity index (χ1) is 18.3. The van der Waals surface area contributed by atoms with Gasteiger partial charge in [0.15, 0.2) is 5.16 Å². The summed E-state index contributed by atoms with van der Waals surface area (Å²) >= 11 is 14.1. The molecule has 198 valence electrons. The molecule has 1 amide bonds. The third kappa shape index (κ3) is 7.63. The largest absolute Gasteiger partial charge is 0.469 e. The number of nitrogens with one attached hydrogen (secondary N) is 1. The number of nitrogens with zero attached hydrogens (tertiary/aromatic N) is 2. The molecule has 0 unspecified atom stereocenters. The second-order valence-electron chi connectivity index (χ2n) is 8.31. The van der Waals surface area contributed by atoms with Crippen molar-refractivity contribution < 1.29 is 14.3 Å². The van der Waals surface area contributed by atoms with Crippen LogP contribution in [0.1, 0.15) is 23.7 Å². The quantitative estimate of drug-likeness (QED) is 0.135. The highest BCUT2D eigenvalue weighted by Gasteiger charge is 2.12. The van der Waals surface area contributed by atoms with E-state index >= 15 is 0 Å². The Morgan fingerprint density at radius 1 is 1.03 bits per heavy atom.